The number of amides is 1. The molecule has 2 heterocycles. The number of pyridine rings is 1. The average Bonchev–Trinajstić information content (AvgIpc) is 2.91. The summed E-state index contributed by atoms with van der Waals surface area (Å²) in [5, 5.41) is 3.96. The maximum Gasteiger partial charge on any atom is 0.332 e. The van der Waals surface area contributed by atoms with Crippen LogP contribution in [0, 0.1) is 5.92 Å². The van der Waals surface area contributed by atoms with Crippen LogP contribution in [0.25, 0.3) is 0 Å². The Morgan fingerprint density at radius 2 is 1.71 bits per heavy atom. The highest BCUT2D eigenvalue weighted by Gasteiger charge is 2.21. The number of benzene rings is 2. The molecular formula is C27H25Cl2N5O6S. The van der Waals surface area contributed by atoms with Crippen molar-refractivity contribution >= 4 is 50.6 Å². The van der Waals surface area contributed by atoms with Crippen molar-refractivity contribution in [3.05, 3.63) is 109 Å². The van der Waals surface area contributed by atoms with Crippen molar-refractivity contribution in [3.63, 3.8) is 0 Å². The van der Waals surface area contributed by atoms with Gasteiger partial charge in [-0.25, -0.2) is 18.2 Å². The van der Waals surface area contributed by atoms with Crippen molar-refractivity contribution < 1.29 is 17.9 Å². The second-order valence-corrected chi connectivity index (χ2v) is 11.7. The van der Waals surface area contributed by atoms with Crippen LogP contribution in [0.2, 0.25) is 10.0 Å². The fourth-order valence-corrected chi connectivity index (χ4v) is 4.62. The van der Waals surface area contributed by atoms with Gasteiger partial charge in [-0.2, -0.15) is 0 Å². The summed E-state index contributed by atoms with van der Waals surface area (Å²) in [6.07, 6.45) is 2.40. The number of nitrogens with zero attached hydrogens (tertiary/aromatic N) is 3. The number of halogens is 2. The molecule has 0 saturated carbocycles. The molecule has 0 bridgehead atoms. The Labute approximate surface area is 245 Å². The summed E-state index contributed by atoms with van der Waals surface area (Å²) in [6.45, 7) is 1.16. The van der Waals surface area contributed by atoms with Gasteiger partial charge in [0, 0.05) is 29.5 Å². The van der Waals surface area contributed by atoms with Crippen LogP contribution in [-0.2, 0) is 27.9 Å². The molecule has 2 N–H and O–H groups in total. The van der Waals surface area contributed by atoms with Gasteiger partial charge >= 0.3 is 5.69 Å². The highest BCUT2D eigenvalue weighted by Crippen LogP contribution is 2.28. The molecule has 0 radical (unpaired) electrons. The van der Waals surface area contributed by atoms with Gasteiger partial charge in [0.25, 0.3) is 5.56 Å². The lowest BCUT2D eigenvalue weighted by Crippen LogP contribution is -2.44. The molecule has 0 aliphatic rings. The second kappa shape index (κ2) is 12.6. The molecule has 4 rings (SSSR count). The molecule has 0 unspecified atom stereocenters. The van der Waals surface area contributed by atoms with Gasteiger partial charge in [-0.05, 0) is 54.1 Å². The van der Waals surface area contributed by atoms with E-state index in [2.05, 4.69) is 10.3 Å². The van der Waals surface area contributed by atoms with E-state index in [1.807, 2.05) is 4.72 Å². The third-order valence-electron chi connectivity index (χ3n) is 5.79. The first-order valence-electron chi connectivity index (χ1n) is 12.2. The van der Waals surface area contributed by atoms with Gasteiger partial charge in [0.1, 0.15) is 16.6 Å². The van der Waals surface area contributed by atoms with E-state index in [1.54, 1.807) is 66.9 Å². The first kappa shape index (κ1) is 29.8. The van der Waals surface area contributed by atoms with E-state index in [0.29, 0.717) is 21.5 Å². The normalized spacial score (nSPS) is 12.0. The Morgan fingerprint density at radius 3 is 2.34 bits per heavy atom. The molecule has 2 aromatic carbocycles. The van der Waals surface area contributed by atoms with Gasteiger partial charge in [-0.3, -0.25) is 23.4 Å². The fourth-order valence-electron chi connectivity index (χ4n) is 3.76. The van der Waals surface area contributed by atoms with Gasteiger partial charge in [-0.1, -0.05) is 42.3 Å². The summed E-state index contributed by atoms with van der Waals surface area (Å²) in [7, 11) is -3.81. The molecule has 41 heavy (non-hydrogen) atoms. The van der Waals surface area contributed by atoms with Crippen molar-refractivity contribution in [1.82, 2.24) is 18.8 Å². The van der Waals surface area contributed by atoms with Crippen molar-refractivity contribution in [2.24, 2.45) is 5.92 Å². The number of nitrogens with one attached hydrogen (secondary N) is 2. The lowest BCUT2D eigenvalue weighted by Gasteiger charge is -2.18. The van der Waals surface area contributed by atoms with Crippen LogP contribution in [-0.4, -0.2) is 34.7 Å². The molecule has 1 atom stereocenters. The Hall–Kier alpha value is -4.13. The summed E-state index contributed by atoms with van der Waals surface area (Å²) < 4.78 is 32.7. The topological polar surface area (TPSA) is 141 Å². The molecule has 0 aliphatic carbocycles. The number of rotatable bonds is 10. The standard InChI is InChI=1S/C27H25Cl2N5O6S/c1-17(25(36)32-41(2,38)39)15-34-24(35)14-23(33(27(34)37)16-18-5-7-19(28)8-6-18)31-20-9-11-21(12-10-20)40-26-22(29)4-3-13-30-26/h3-14,17,31H,15-16H2,1-2H3,(H,32,36)/t17-/m0/s1. The molecule has 0 aliphatic heterocycles. The number of carbonyl (C=O) groups is 1. The zero-order chi connectivity index (χ0) is 29.7. The number of hydrogen-bond donors (Lipinski definition) is 2. The van der Waals surface area contributed by atoms with E-state index in [9.17, 15) is 22.8 Å². The monoisotopic (exact) mass is 617 g/mol. The minimum absolute atomic E-state index is 0.0713. The molecule has 11 nitrogen and oxygen atoms in total. The average molecular weight is 618 g/mol. The van der Waals surface area contributed by atoms with E-state index in [-0.39, 0.29) is 24.8 Å². The number of carbonyl (C=O) groups excluding carboxylic acids is 1. The molecule has 2 aromatic heterocycles. The van der Waals surface area contributed by atoms with Crippen molar-refractivity contribution in [1.29, 1.82) is 0 Å². The molecule has 214 valence electrons. The summed E-state index contributed by atoms with van der Waals surface area (Å²) in [4.78, 5) is 43.0. The van der Waals surface area contributed by atoms with Gasteiger partial charge in [0.2, 0.25) is 21.8 Å². The van der Waals surface area contributed by atoms with Crippen LogP contribution in [0.4, 0.5) is 11.5 Å². The number of sulfonamides is 1. The number of hydrogen-bond acceptors (Lipinski definition) is 8. The van der Waals surface area contributed by atoms with Gasteiger partial charge in [-0.15, -0.1) is 0 Å². The van der Waals surface area contributed by atoms with E-state index >= 15 is 0 Å². The second-order valence-electron chi connectivity index (χ2n) is 9.15. The first-order chi connectivity index (χ1) is 19.4. The van der Waals surface area contributed by atoms with Crippen LogP contribution in [0.15, 0.2) is 82.5 Å². The molecule has 14 heteroatoms. The van der Waals surface area contributed by atoms with Crippen molar-refractivity contribution in [2.45, 2.75) is 20.0 Å². The van der Waals surface area contributed by atoms with Crippen LogP contribution in [0.1, 0.15) is 12.5 Å². The summed E-state index contributed by atoms with van der Waals surface area (Å²) in [6, 6.07) is 18.1. The summed E-state index contributed by atoms with van der Waals surface area (Å²) >= 11 is 12.1. The first-order valence-corrected chi connectivity index (χ1v) is 14.8. The lowest BCUT2D eigenvalue weighted by molar-refractivity contribution is -0.123. The Bertz CT molecular complexity index is 1790. The number of ether oxygens (including phenoxy) is 1. The van der Waals surface area contributed by atoms with Crippen molar-refractivity contribution in [2.75, 3.05) is 11.6 Å². The largest absolute Gasteiger partial charge is 0.438 e. The highest BCUT2D eigenvalue weighted by atomic mass is 35.5. The Balaban J connectivity index is 1.65. The van der Waals surface area contributed by atoms with E-state index in [4.69, 9.17) is 27.9 Å². The predicted octanol–water partition coefficient (Wildman–Crippen LogP) is 4.01. The van der Waals surface area contributed by atoms with Crippen LogP contribution < -0.4 is 26.0 Å². The minimum Gasteiger partial charge on any atom is -0.438 e. The zero-order valence-electron chi connectivity index (χ0n) is 21.9. The summed E-state index contributed by atoms with van der Waals surface area (Å²) in [5.41, 5.74) is -0.0947. The van der Waals surface area contributed by atoms with Crippen LogP contribution in [0.5, 0.6) is 11.6 Å². The number of anilines is 2. The maximum absolute atomic E-state index is 13.6. The third kappa shape index (κ3) is 7.97. The molecule has 0 spiro atoms. The van der Waals surface area contributed by atoms with Crippen molar-refractivity contribution in [3.8, 4) is 11.6 Å². The Morgan fingerprint density at radius 1 is 1.02 bits per heavy atom. The quantitative estimate of drug-likeness (QED) is 0.272. The molecule has 1 amide bonds. The Kier molecular flexibility index (Phi) is 9.16. The predicted molar refractivity (Wildman–Crippen MR) is 157 cm³/mol. The van der Waals surface area contributed by atoms with Crippen LogP contribution >= 0.6 is 23.2 Å². The minimum atomic E-state index is -3.81. The van der Waals surface area contributed by atoms with E-state index in [1.165, 1.54) is 17.6 Å². The van der Waals surface area contributed by atoms with E-state index < -0.39 is 33.1 Å². The molecule has 0 saturated heterocycles. The van der Waals surface area contributed by atoms with Gasteiger partial charge < -0.3 is 10.1 Å². The van der Waals surface area contributed by atoms with Gasteiger partial charge in [0.15, 0.2) is 0 Å². The third-order valence-corrected chi connectivity index (χ3v) is 6.90. The summed E-state index contributed by atoms with van der Waals surface area (Å²) in [5.74, 6) is -0.917. The molecule has 4 aromatic rings. The van der Waals surface area contributed by atoms with Gasteiger partial charge in [0.05, 0.1) is 18.7 Å². The smallest absolute Gasteiger partial charge is 0.332 e. The van der Waals surface area contributed by atoms with E-state index in [0.717, 1.165) is 16.4 Å². The maximum atomic E-state index is 13.6. The molecular weight excluding hydrogens is 593 g/mol. The lowest BCUT2D eigenvalue weighted by atomic mass is 10.1. The number of aromatic nitrogens is 3. The fraction of sp³-hybridized carbons (Fsp3) is 0.185. The zero-order valence-corrected chi connectivity index (χ0v) is 24.2. The molecule has 0 fully saturated rings. The SMILES string of the molecule is C[C@@H](Cn1c(=O)cc(Nc2ccc(Oc3ncccc3Cl)cc2)n(Cc2ccc(Cl)cc2)c1=O)C(=O)NS(C)(=O)=O. The van der Waals surface area contributed by atoms with Crippen LogP contribution in [0.3, 0.4) is 0 Å². The highest BCUT2D eigenvalue weighted by molar-refractivity contribution is 7.89.